The van der Waals surface area contributed by atoms with E-state index in [1.165, 1.54) is 19.3 Å². The average Bonchev–Trinajstić information content (AvgIpc) is 3.15. The minimum absolute atomic E-state index is 0.0225. The van der Waals surface area contributed by atoms with Crippen LogP contribution in [0, 0.1) is 10.8 Å². The van der Waals surface area contributed by atoms with E-state index < -0.39 is 0 Å². The fourth-order valence-electron chi connectivity index (χ4n) is 3.45. The summed E-state index contributed by atoms with van der Waals surface area (Å²) in [6, 6.07) is 0. The van der Waals surface area contributed by atoms with Crippen LogP contribution in [0.15, 0.2) is 0 Å². The standard InChI is InChI=1S/C16H21IN4O2/c1-10-18-14-13(15(19-10)23-11-6-2-3-7-11)20-16(17)21(14)12-8-4-5-9-22-12/h11-12H,2-9H2,1H3. The topological polar surface area (TPSA) is 62.1 Å². The van der Waals surface area contributed by atoms with E-state index in [1.807, 2.05) is 6.92 Å². The number of aryl methyl sites for hydroxylation is 1. The van der Waals surface area contributed by atoms with Crippen molar-refractivity contribution < 1.29 is 9.47 Å². The van der Waals surface area contributed by atoms with Crippen LogP contribution in [0.5, 0.6) is 5.88 Å². The number of fused-ring (bicyclic) bond motifs is 1. The van der Waals surface area contributed by atoms with Crippen molar-refractivity contribution in [2.24, 2.45) is 0 Å². The molecule has 0 spiro atoms. The molecule has 124 valence electrons. The summed E-state index contributed by atoms with van der Waals surface area (Å²) in [6.07, 6.45) is 8.28. The highest BCUT2D eigenvalue weighted by atomic mass is 127. The van der Waals surface area contributed by atoms with Crippen molar-refractivity contribution in [2.75, 3.05) is 6.61 Å². The lowest BCUT2D eigenvalue weighted by molar-refractivity contribution is -0.0313. The van der Waals surface area contributed by atoms with Crippen molar-refractivity contribution in [3.8, 4) is 5.88 Å². The van der Waals surface area contributed by atoms with Crippen molar-refractivity contribution in [2.45, 2.75) is 64.2 Å². The van der Waals surface area contributed by atoms with E-state index in [0.717, 1.165) is 53.1 Å². The molecule has 2 aliphatic rings. The predicted octanol–water partition coefficient (Wildman–Crippen LogP) is 3.76. The van der Waals surface area contributed by atoms with E-state index in [9.17, 15) is 0 Å². The zero-order valence-corrected chi connectivity index (χ0v) is 15.5. The van der Waals surface area contributed by atoms with Crippen LogP contribution in [0.2, 0.25) is 0 Å². The summed E-state index contributed by atoms with van der Waals surface area (Å²) in [6.45, 7) is 2.71. The fourth-order valence-corrected chi connectivity index (χ4v) is 4.24. The minimum atomic E-state index is 0.0225. The summed E-state index contributed by atoms with van der Waals surface area (Å²) in [5.74, 6) is 1.35. The lowest BCUT2D eigenvalue weighted by Crippen LogP contribution is -2.19. The summed E-state index contributed by atoms with van der Waals surface area (Å²) < 4.78 is 15.1. The Kier molecular flexibility index (Phi) is 4.40. The molecule has 4 rings (SSSR count). The second-order valence-corrected chi connectivity index (χ2v) is 7.31. The van der Waals surface area contributed by atoms with Gasteiger partial charge in [-0.05, 0) is 51.9 Å². The van der Waals surface area contributed by atoms with Gasteiger partial charge in [0.1, 0.15) is 18.2 Å². The molecule has 23 heavy (non-hydrogen) atoms. The molecule has 1 saturated carbocycles. The van der Waals surface area contributed by atoms with Crippen LogP contribution < -0.4 is 4.74 Å². The summed E-state index contributed by atoms with van der Waals surface area (Å²) in [4.78, 5) is 13.8. The Morgan fingerprint density at radius 2 is 1.87 bits per heavy atom. The normalized spacial score (nSPS) is 22.8. The van der Waals surface area contributed by atoms with Gasteiger partial charge in [-0.1, -0.05) is 0 Å². The number of hydrogen-bond donors (Lipinski definition) is 0. The number of aromatic nitrogens is 4. The van der Waals surface area contributed by atoms with Crippen LogP contribution in [0.25, 0.3) is 11.2 Å². The van der Waals surface area contributed by atoms with Crippen LogP contribution in [-0.2, 0) is 4.74 Å². The first kappa shape index (κ1) is 15.6. The zero-order chi connectivity index (χ0) is 15.8. The van der Waals surface area contributed by atoms with Gasteiger partial charge in [-0.15, -0.1) is 0 Å². The number of halogens is 1. The maximum Gasteiger partial charge on any atom is 0.246 e. The second-order valence-electron chi connectivity index (χ2n) is 6.34. The number of hydrogen-bond acceptors (Lipinski definition) is 5. The molecule has 1 aliphatic carbocycles. The molecule has 1 atom stereocenters. The van der Waals surface area contributed by atoms with Crippen LogP contribution in [0.1, 0.15) is 57.0 Å². The van der Waals surface area contributed by atoms with Crippen LogP contribution in [0.4, 0.5) is 0 Å². The quantitative estimate of drug-likeness (QED) is 0.551. The second kappa shape index (κ2) is 6.51. The molecule has 0 radical (unpaired) electrons. The largest absolute Gasteiger partial charge is 0.473 e. The van der Waals surface area contributed by atoms with Crippen molar-refractivity contribution in [1.82, 2.24) is 19.5 Å². The highest BCUT2D eigenvalue weighted by Crippen LogP contribution is 2.33. The molecule has 6 nitrogen and oxygen atoms in total. The first-order valence-corrected chi connectivity index (χ1v) is 9.50. The summed E-state index contributed by atoms with van der Waals surface area (Å²) in [5, 5.41) is 0. The van der Waals surface area contributed by atoms with Crippen molar-refractivity contribution >= 4 is 33.8 Å². The molecular formula is C16H21IN4O2. The molecule has 1 unspecified atom stereocenters. The minimum Gasteiger partial charge on any atom is -0.473 e. The number of ether oxygens (including phenoxy) is 2. The van der Waals surface area contributed by atoms with Gasteiger partial charge >= 0.3 is 0 Å². The highest BCUT2D eigenvalue weighted by molar-refractivity contribution is 14.1. The first-order valence-electron chi connectivity index (χ1n) is 8.42. The van der Waals surface area contributed by atoms with E-state index in [-0.39, 0.29) is 12.3 Å². The van der Waals surface area contributed by atoms with E-state index in [0.29, 0.717) is 5.88 Å². The van der Waals surface area contributed by atoms with Gasteiger partial charge in [0.05, 0.1) is 0 Å². The third-order valence-corrected chi connectivity index (χ3v) is 5.36. The van der Waals surface area contributed by atoms with Crippen LogP contribution >= 0.6 is 22.6 Å². The number of imidazole rings is 1. The van der Waals surface area contributed by atoms with Crippen molar-refractivity contribution in [3.05, 3.63) is 9.66 Å². The molecule has 3 heterocycles. The van der Waals surface area contributed by atoms with E-state index in [2.05, 4.69) is 37.1 Å². The SMILES string of the molecule is Cc1nc(OC2CCCC2)c2nc(I)n(C3CCCCO3)c2n1. The molecule has 1 saturated heterocycles. The molecule has 7 heteroatoms. The molecule has 0 bridgehead atoms. The number of rotatable bonds is 3. The first-order chi connectivity index (χ1) is 11.2. The Balaban J connectivity index is 1.76. The molecule has 0 amide bonds. The molecular weight excluding hydrogens is 407 g/mol. The van der Waals surface area contributed by atoms with E-state index in [4.69, 9.17) is 14.5 Å². The zero-order valence-electron chi connectivity index (χ0n) is 13.3. The maximum absolute atomic E-state index is 6.15. The number of nitrogens with zero attached hydrogens (tertiary/aromatic N) is 4. The summed E-state index contributed by atoms with van der Waals surface area (Å²) in [7, 11) is 0. The lowest BCUT2D eigenvalue weighted by Gasteiger charge is -2.24. The van der Waals surface area contributed by atoms with Crippen LogP contribution in [0.3, 0.4) is 0 Å². The van der Waals surface area contributed by atoms with Gasteiger partial charge in [0, 0.05) is 29.2 Å². The Morgan fingerprint density at radius 3 is 2.61 bits per heavy atom. The highest BCUT2D eigenvalue weighted by Gasteiger charge is 2.26. The Labute approximate surface area is 149 Å². The van der Waals surface area contributed by atoms with Gasteiger partial charge in [-0.25, -0.2) is 9.97 Å². The fraction of sp³-hybridized carbons (Fsp3) is 0.688. The summed E-state index contributed by atoms with van der Waals surface area (Å²) in [5.41, 5.74) is 1.60. The smallest absolute Gasteiger partial charge is 0.246 e. The van der Waals surface area contributed by atoms with Gasteiger partial charge in [-0.3, -0.25) is 4.57 Å². The van der Waals surface area contributed by atoms with E-state index >= 15 is 0 Å². The monoisotopic (exact) mass is 428 g/mol. The Morgan fingerprint density at radius 1 is 1.09 bits per heavy atom. The molecule has 1 aliphatic heterocycles. The lowest BCUT2D eigenvalue weighted by atomic mass is 10.2. The molecule has 2 aromatic rings. The molecule has 2 fully saturated rings. The Hall–Kier alpha value is -0.960. The summed E-state index contributed by atoms with van der Waals surface area (Å²) >= 11 is 2.26. The van der Waals surface area contributed by atoms with E-state index in [1.54, 1.807) is 0 Å². The van der Waals surface area contributed by atoms with Gasteiger partial charge in [0.15, 0.2) is 15.0 Å². The van der Waals surface area contributed by atoms with Crippen molar-refractivity contribution in [3.63, 3.8) is 0 Å². The van der Waals surface area contributed by atoms with Gasteiger partial charge < -0.3 is 9.47 Å². The molecule has 0 N–H and O–H groups in total. The van der Waals surface area contributed by atoms with Crippen molar-refractivity contribution in [1.29, 1.82) is 0 Å². The maximum atomic E-state index is 6.15. The molecule has 0 aromatic carbocycles. The van der Waals surface area contributed by atoms with Gasteiger partial charge in [-0.2, -0.15) is 4.98 Å². The van der Waals surface area contributed by atoms with Gasteiger partial charge in [0.2, 0.25) is 5.88 Å². The Bertz CT molecular complexity index is 706. The van der Waals surface area contributed by atoms with Crippen LogP contribution in [-0.4, -0.2) is 32.2 Å². The third-order valence-electron chi connectivity index (χ3n) is 4.60. The average molecular weight is 428 g/mol. The predicted molar refractivity (Wildman–Crippen MR) is 94.5 cm³/mol. The van der Waals surface area contributed by atoms with Gasteiger partial charge in [0.25, 0.3) is 0 Å². The third kappa shape index (κ3) is 3.05. The molecule has 2 aromatic heterocycles.